The SMILES string of the molecule is O=[N+]([O-])c1ccc(C(=NNc2ccccc2)c2cc(O)ccc2O)cc1. The van der Waals surface area contributed by atoms with Crippen molar-refractivity contribution in [3.05, 3.63) is 94.0 Å². The summed E-state index contributed by atoms with van der Waals surface area (Å²) in [6.07, 6.45) is 0. The van der Waals surface area contributed by atoms with Crippen LogP contribution in [-0.4, -0.2) is 20.8 Å². The van der Waals surface area contributed by atoms with Crippen molar-refractivity contribution in [3.8, 4) is 11.5 Å². The van der Waals surface area contributed by atoms with E-state index in [9.17, 15) is 20.3 Å². The number of nitro groups is 1. The lowest BCUT2D eigenvalue weighted by Crippen LogP contribution is -2.07. The minimum atomic E-state index is -0.491. The summed E-state index contributed by atoms with van der Waals surface area (Å²) in [6, 6.07) is 19.1. The van der Waals surface area contributed by atoms with Gasteiger partial charge in [0.15, 0.2) is 0 Å². The molecule has 0 heterocycles. The largest absolute Gasteiger partial charge is 0.508 e. The maximum Gasteiger partial charge on any atom is 0.269 e. The Morgan fingerprint density at radius 3 is 2.31 bits per heavy atom. The fourth-order valence-electron chi connectivity index (χ4n) is 2.37. The van der Waals surface area contributed by atoms with Crippen LogP contribution in [0.5, 0.6) is 11.5 Å². The molecule has 130 valence electrons. The summed E-state index contributed by atoms with van der Waals surface area (Å²) in [4.78, 5) is 10.4. The summed E-state index contributed by atoms with van der Waals surface area (Å²) in [5.41, 5.74) is 4.73. The summed E-state index contributed by atoms with van der Waals surface area (Å²) < 4.78 is 0. The first kappa shape index (κ1) is 17.0. The van der Waals surface area contributed by atoms with Crippen molar-refractivity contribution in [3.63, 3.8) is 0 Å². The Bertz CT molecular complexity index is 954. The highest BCUT2D eigenvalue weighted by atomic mass is 16.6. The molecule has 0 aromatic heterocycles. The number of benzene rings is 3. The molecule has 3 aromatic rings. The van der Waals surface area contributed by atoms with E-state index in [1.165, 1.54) is 42.5 Å². The van der Waals surface area contributed by atoms with E-state index < -0.39 is 4.92 Å². The fourth-order valence-corrected chi connectivity index (χ4v) is 2.37. The average Bonchev–Trinajstić information content (AvgIpc) is 2.66. The number of para-hydroxylation sites is 1. The molecule has 0 bridgehead atoms. The molecule has 0 saturated heterocycles. The molecule has 26 heavy (non-hydrogen) atoms. The van der Waals surface area contributed by atoms with Gasteiger partial charge >= 0.3 is 0 Å². The van der Waals surface area contributed by atoms with Gasteiger partial charge in [0.2, 0.25) is 0 Å². The van der Waals surface area contributed by atoms with Gasteiger partial charge in [-0.3, -0.25) is 15.5 Å². The third-order valence-corrected chi connectivity index (χ3v) is 3.66. The van der Waals surface area contributed by atoms with Crippen molar-refractivity contribution < 1.29 is 15.1 Å². The van der Waals surface area contributed by atoms with Gasteiger partial charge in [-0.05, 0) is 42.5 Å². The molecule has 0 aliphatic heterocycles. The fraction of sp³-hybridized carbons (Fsp3) is 0. The Morgan fingerprint density at radius 2 is 1.65 bits per heavy atom. The predicted octanol–water partition coefficient (Wildman–Crippen LogP) is 3.87. The highest BCUT2D eigenvalue weighted by Gasteiger charge is 2.15. The molecule has 0 unspecified atom stereocenters. The number of phenols is 2. The van der Waals surface area contributed by atoms with Crippen LogP contribution in [0.1, 0.15) is 11.1 Å². The Balaban J connectivity index is 2.06. The molecule has 0 aliphatic carbocycles. The number of non-ortho nitro benzene ring substituents is 1. The molecule has 3 aromatic carbocycles. The van der Waals surface area contributed by atoms with E-state index in [1.54, 1.807) is 0 Å². The van der Waals surface area contributed by atoms with Crippen LogP contribution in [0.15, 0.2) is 77.9 Å². The average molecular weight is 349 g/mol. The Morgan fingerprint density at radius 1 is 0.962 bits per heavy atom. The molecule has 7 heteroatoms. The maximum absolute atomic E-state index is 10.9. The van der Waals surface area contributed by atoms with Gasteiger partial charge in [0.05, 0.1) is 10.6 Å². The van der Waals surface area contributed by atoms with Crippen LogP contribution >= 0.6 is 0 Å². The lowest BCUT2D eigenvalue weighted by molar-refractivity contribution is -0.384. The van der Waals surface area contributed by atoms with Gasteiger partial charge < -0.3 is 10.2 Å². The minimum absolute atomic E-state index is 0.0351. The second kappa shape index (κ2) is 7.35. The summed E-state index contributed by atoms with van der Waals surface area (Å²) in [5.74, 6) is -0.109. The molecule has 0 atom stereocenters. The van der Waals surface area contributed by atoms with Gasteiger partial charge in [-0.25, -0.2) is 0 Å². The number of rotatable bonds is 5. The zero-order chi connectivity index (χ0) is 18.5. The smallest absolute Gasteiger partial charge is 0.269 e. The second-order valence-corrected chi connectivity index (χ2v) is 5.44. The van der Waals surface area contributed by atoms with Gasteiger partial charge in [0.25, 0.3) is 5.69 Å². The zero-order valence-electron chi connectivity index (χ0n) is 13.5. The van der Waals surface area contributed by atoms with Crippen LogP contribution in [0.2, 0.25) is 0 Å². The lowest BCUT2D eigenvalue weighted by Gasteiger charge is -2.11. The standard InChI is InChI=1S/C19H15N3O4/c23-16-10-11-18(24)17(12-16)19(21-20-14-4-2-1-3-5-14)13-6-8-15(9-7-13)22(25)26/h1-12,20,23-24H. The van der Waals surface area contributed by atoms with E-state index in [1.807, 2.05) is 30.3 Å². The predicted molar refractivity (Wildman–Crippen MR) is 98.6 cm³/mol. The third kappa shape index (κ3) is 3.78. The monoisotopic (exact) mass is 349 g/mol. The molecule has 0 aliphatic rings. The Labute approximate surface area is 149 Å². The van der Waals surface area contributed by atoms with E-state index >= 15 is 0 Å². The first-order valence-corrected chi connectivity index (χ1v) is 7.70. The van der Waals surface area contributed by atoms with Crippen molar-refractivity contribution in [1.29, 1.82) is 0 Å². The molecular formula is C19H15N3O4. The highest BCUT2D eigenvalue weighted by Crippen LogP contribution is 2.26. The molecule has 7 nitrogen and oxygen atoms in total. The zero-order valence-corrected chi connectivity index (χ0v) is 13.5. The number of hydrazone groups is 1. The van der Waals surface area contributed by atoms with E-state index in [0.717, 1.165) is 5.69 Å². The lowest BCUT2D eigenvalue weighted by atomic mass is 10.0. The number of phenolic OH excluding ortho intramolecular Hbond substituents is 2. The molecule has 3 rings (SSSR count). The maximum atomic E-state index is 10.9. The van der Waals surface area contributed by atoms with E-state index in [4.69, 9.17) is 0 Å². The number of anilines is 1. The second-order valence-electron chi connectivity index (χ2n) is 5.44. The van der Waals surface area contributed by atoms with Crippen molar-refractivity contribution >= 4 is 17.1 Å². The number of nitro benzene ring substituents is 1. The molecule has 0 radical (unpaired) electrons. The molecule has 3 N–H and O–H groups in total. The van der Waals surface area contributed by atoms with Crippen molar-refractivity contribution in [1.82, 2.24) is 0 Å². The summed E-state index contributed by atoms with van der Waals surface area (Å²) in [6.45, 7) is 0. The van der Waals surface area contributed by atoms with E-state index in [2.05, 4.69) is 10.5 Å². The minimum Gasteiger partial charge on any atom is -0.508 e. The Kier molecular flexibility index (Phi) is 4.80. The van der Waals surface area contributed by atoms with Gasteiger partial charge in [-0.2, -0.15) is 5.10 Å². The topological polar surface area (TPSA) is 108 Å². The van der Waals surface area contributed by atoms with Gasteiger partial charge in [0, 0.05) is 23.3 Å². The summed E-state index contributed by atoms with van der Waals surface area (Å²) >= 11 is 0. The number of aromatic hydroxyl groups is 2. The first-order chi connectivity index (χ1) is 12.5. The highest BCUT2D eigenvalue weighted by molar-refractivity contribution is 6.15. The summed E-state index contributed by atoms with van der Waals surface area (Å²) in [7, 11) is 0. The number of hydrogen-bond acceptors (Lipinski definition) is 6. The Hall–Kier alpha value is -3.87. The molecule has 0 amide bonds. The van der Waals surface area contributed by atoms with E-state index in [0.29, 0.717) is 16.8 Å². The molecule has 0 spiro atoms. The van der Waals surface area contributed by atoms with Crippen molar-refractivity contribution in [2.45, 2.75) is 0 Å². The molecule has 0 saturated carbocycles. The van der Waals surface area contributed by atoms with E-state index in [-0.39, 0.29) is 17.2 Å². The summed E-state index contributed by atoms with van der Waals surface area (Å²) in [5, 5.41) is 35.1. The van der Waals surface area contributed by atoms with Crippen LogP contribution < -0.4 is 5.43 Å². The van der Waals surface area contributed by atoms with Gasteiger partial charge in [0.1, 0.15) is 17.2 Å². The number of nitrogens with one attached hydrogen (secondary N) is 1. The van der Waals surface area contributed by atoms with Crippen LogP contribution in [0.25, 0.3) is 0 Å². The van der Waals surface area contributed by atoms with Crippen molar-refractivity contribution in [2.24, 2.45) is 5.10 Å². The molecular weight excluding hydrogens is 334 g/mol. The quantitative estimate of drug-likeness (QED) is 0.280. The van der Waals surface area contributed by atoms with Crippen molar-refractivity contribution in [2.75, 3.05) is 5.43 Å². The van der Waals surface area contributed by atoms with Crippen LogP contribution in [0, 0.1) is 10.1 Å². The van der Waals surface area contributed by atoms with Gasteiger partial charge in [-0.1, -0.05) is 18.2 Å². The molecule has 0 fully saturated rings. The number of hydrogen-bond donors (Lipinski definition) is 3. The first-order valence-electron chi connectivity index (χ1n) is 7.70. The van der Waals surface area contributed by atoms with Crippen LogP contribution in [0.4, 0.5) is 11.4 Å². The van der Waals surface area contributed by atoms with Crippen LogP contribution in [0.3, 0.4) is 0 Å². The normalized spacial score (nSPS) is 11.2. The number of nitrogens with zero attached hydrogens (tertiary/aromatic N) is 2. The van der Waals surface area contributed by atoms with Crippen LogP contribution in [-0.2, 0) is 0 Å². The van der Waals surface area contributed by atoms with Gasteiger partial charge in [-0.15, -0.1) is 0 Å². The third-order valence-electron chi connectivity index (χ3n) is 3.66.